The molecule has 0 radical (unpaired) electrons. The highest BCUT2D eigenvalue weighted by atomic mass is 16.5. The Morgan fingerprint density at radius 2 is 2.60 bits per heavy atom. The Hall–Kier alpha value is -1.12. The molecule has 0 saturated heterocycles. The van der Waals surface area contributed by atoms with Crippen molar-refractivity contribution in [3.05, 3.63) is 12.2 Å². The molecule has 0 N–H and O–H groups in total. The van der Waals surface area contributed by atoms with Crippen LogP contribution in [0.4, 0.5) is 0 Å². The van der Waals surface area contributed by atoms with Gasteiger partial charge in [0.25, 0.3) is 0 Å². The smallest absolute Gasteiger partial charge is 0.303 e. The fourth-order valence-corrected chi connectivity index (χ4v) is 0.732. The quantitative estimate of drug-likeness (QED) is 0.393. The first-order valence-corrected chi connectivity index (χ1v) is 3.13. The Morgan fingerprint density at radius 1 is 1.80 bits per heavy atom. The van der Waals surface area contributed by atoms with Crippen LogP contribution in [0.3, 0.4) is 0 Å². The summed E-state index contributed by atoms with van der Waals surface area (Å²) in [6, 6.07) is 0. The molecule has 0 spiro atoms. The van der Waals surface area contributed by atoms with E-state index in [4.69, 9.17) is 4.74 Å². The van der Waals surface area contributed by atoms with E-state index in [1.807, 2.05) is 12.2 Å². The second kappa shape index (κ2) is 3.15. The fraction of sp³-hybridized carbons (Fsp3) is 0.429. The number of esters is 1. The maximum Gasteiger partial charge on any atom is 0.303 e. The Kier molecular flexibility index (Phi) is 2.20. The Morgan fingerprint density at radius 3 is 3.10 bits per heavy atom. The minimum Gasteiger partial charge on any atom is -0.452 e. The van der Waals surface area contributed by atoms with E-state index in [9.17, 15) is 4.79 Å². The van der Waals surface area contributed by atoms with E-state index in [2.05, 4.69) is 4.99 Å². The molecule has 1 atom stereocenters. The van der Waals surface area contributed by atoms with Crippen LogP contribution in [0.25, 0.3) is 0 Å². The maximum atomic E-state index is 10.4. The van der Waals surface area contributed by atoms with Crippen LogP contribution in [-0.2, 0) is 9.53 Å². The molecule has 0 amide bonds. The second-order valence-electron chi connectivity index (χ2n) is 2.02. The molecule has 0 aliphatic carbocycles. The monoisotopic (exact) mass is 139 g/mol. The van der Waals surface area contributed by atoms with E-state index in [0.717, 1.165) is 0 Å². The number of carbonyl (C=O) groups excluding carboxylic acids is 1. The SMILES string of the molecule is CC(=O)OC1C=CCN=C1. The lowest BCUT2D eigenvalue weighted by Crippen LogP contribution is -2.17. The molecule has 1 aliphatic heterocycles. The molecule has 3 nitrogen and oxygen atoms in total. The van der Waals surface area contributed by atoms with Gasteiger partial charge in [0.1, 0.15) is 0 Å². The molecule has 1 unspecified atom stereocenters. The molecule has 54 valence electrons. The highest BCUT2D eigenvalue weighted by Crippen LogP contribution is 1.96. The number of hydrogen-bond acceptors (Lipinski definition) is 3. The number of dihydropyridines is 1. The van der Waals surface area contributed by atoms with Gasteiger partial charge in [-0.15, -0.1) is 0 Å². The predicted molar refractivity (Wildman–Crippen MR) is 38.1 cm³/mol. The van der Waals surface area contributed by atoms with E-state index >= 15 is 0 Å². The molecule has 0 fully saturated rings. The van der Waals surface area contributed by atoms with Crippen LogP contribution >= 0.6 is 0 Å². The van der Waals surface area contributed by atoms with E-state index in [1.165, 1.54) is 6.92 Å². The van der Waals surface area contributed by atoms with Crippen molar-refractivity contribution in [1.82, 2.24) is 0 Å². The first-order valence-electron chi connectivity index (χ1n) is 3.13. The standard InChI is InChI=1S/C7H9NO2/c1-6(9)10-7-3-2-4-8-5-7/h2-3,5,7H,4H2,1H3. The summed E-state index contributed by atoms with van der Waals surface area (Å²) in [5.41, 5.74) is 0. The highest BCUT2D eigenvalue weighted by molar-refractivity contribution is 5.74. The van der Waals surface area contributed by atoms with Crippen LogP contribution in [0.15, 0.2) is 17.1 Å². The van der Waals surface area contributed by atoms with Crippen molar-refractivity contribution >= 4 is 12.2 Å². The number of nitrogens with zero attached hydrogens (tertiary/aromatic N) is 1. The summed E-state index contributed by atoms with van der Waals surface area (Å²) in [7, 11) is 0. The number of carbonyl (C=O) groups is 1. The van der Waals surface area contributed by atoms with Crippen molar-refractivity contribution < 1.29 is 9.53 Å². The molecule has 0 aromatic carbocycles. The van der Waals surface area contributed by atoms with E-state index in [1.54, 1.807) is 6.21 Å². The molecule has 10 heavy (non-hydrogen) atoms. The van der Waals surface area contributed by atoms with Gasteiger partial charge in [-0.25, -0.2) is 0 Å². The third-order valence-corrected chi connectivity index (χ3v) is 1.09. The second-order valence-corrected chi connectivity index (χ2v) is 2.02. The number of hydrogen-bond donors (Lipinski definition) is 0. The highest BCUT2D eigenvalue weighted by Gasteiger charge is 2.05. The third kappa shape index (κ3) is 2.01. The molecule has 1 aliphatic rings. The number of aliphatic imine (C=N–C) groups is 1. The average molecular weight is 139 g/mol. The Bertz CT molecular complexity index is 172. The molecule has 1 rings (SSSR count). The average Bonchev–Trinajstić information content (AvgIpc) is 1.88. The van der Waals surface area contributed by atoms with Gasteiger partial charge in [-0.2, -0.15) is 0 Å². The van der Waals surface area contributed by atoms with E-state index in [0.29, 0.717) is 6.54 Å². The molecule has 3 heteroatoms. The Labute approximate surface area is 59.4 Å². The van der Waals surface area contributed by atoms with E-state index < -0.39 is 0 Å². The summed E-state index contributed by atoms with van der Waals surface area (Å²) in [5, 5.41) is 0. The zero-order valence-electron chi connectivity index (χ0n) is 5.78. The summed E-state index contributed by atoms with van der Waals surface area (Å²) >= 11 is 0. The van der Waals surface area contributed by atoms with Crippen LogP contribution in [0.2, 0.25) is 0 Å². The van der Waals surface area contributed by atoms with Gasteiger partial charge in [0.05, 0.1) is 6.54 Å². The minimum atomic E-state index is -0.275. The van der Waals surface area contributed by atoms with Gasteiger partial charge in [0.2, 0.25) is 0 Å². The third-order valence-electron chi connectivity index (χ3n) is 1.09. The van der Waals surface area contributed by atoms with E-state index in [-0.39, 0.29) is 12.1 Å². The van der Waals surface area contributed by atoms with Gasteiger partial charge in [0, 0.05) is 13.1 Å². The lowest BCUT2D eigenvalue weighted by Gasteiger charge is -2.09. The van der Waals surface area contributed by atoms with Crippen LogP contribution in [0.5, 0.6) is 0 Å². The predicted octanol–water partition coefficient (Wildman–Crippen LogP) is 0.559. The summed E-state index contributed by atoms with van der Waals surface area (Å²) < 4.78 is 4.82. The normalized spacial score (nSPS) is 22.7. The molecule has 0 bridgehead atoms. The first kappa shape index (κ1) is 6.99. The van der Waals surface area contributed by atoms with Crippen LogP contribution in [0.1, 0.15) is 6.92 Å². The molecule has 1 heterocycles. The molecule has 0 aromatic heterocycles. The lowest BCUT2D eigenvalue weighted by molar-refractivity contribution is -0.141. The van der Waals surface area contributed by atoms with Crippen molar-refractivity contribution in [2.24, 2.45) is 4.99 Å². The largest absolute Gasteiger partial charge is 0.452 e. The molecule has 0 aromatic rings. The van der Waals surface area contributed by atoms with Crippen molar-refractivity contribution in [3.63, 3.8) is 0 Å². The summed E-state index contributed by atoms with van der Waals surface area (Å²) in [6.07, 6.45) is 5.06. The summed E-state index contributed by atoms with van der Waals surface area (Å²) in [5.74, 6) is -0.275. The maximum absolute atomic E-state index is 10.4. The summed E-state index contributed by atoms with van der Waals surface area (Å²) in [4.78, 5) is 14.3. The topological polar surface area (TPSA) is 38.7 Å². The van der Waals surface area contributed by atoms with Crippen LogP contribution in [0, 0.1) is 0 Å². The van der Waals surface area contributed by atoms with Crippen LogP contribution in [-0.4, -0.2) is 24.8 Å². The van der Waals surface area contributed by atoms with Crippen LogP contribution < -0.4 is 0 Å². The first-order chi connectivity index (χ1) is 4.79. The van der Waals surface area contributed by atoms with Gasteiger partial charge < -0.3 is 4.74 Å². The van der Waals surface area contributed by atoms with Gasteiger partial charge in [-0.3, -0.25) is 9.79 Å². The van der Waals surface area contributed by atoms with Crippen molar-refractivity contribution in [1.29, 1.82) is 0 Å². The Balaban J connectivity index is 2.40. The van der Waals surface area contributed by atoms with Crippen molar-refractivity contribution in [2.45, 2.75) is 13.0 Å². The summed E-state index contributed by atoms with van der Waals surface area (Å²) in [6.45, 7) is 2.08. The minimum absolute atomic E-state index is 0.244. The van der Waals surface area contributed by atoms with Gasteiger partial charge in [-0.1, -0.05) is 6.08 Å². The van der Waals surface area contributed by atoms with Gasteiger partial charge in [0.15, 0.2) is 6.10 Å². The lowest BCUT2D eigenvalue weighted by atomic mass is 10.3. The van der Waals surface area contributed by atoms with Crippen molar-refractivity contribution in [2.75, 3.05) is 6.54 Å². The number of ether oxygens (including phenoxy) is 1. The fourth-order valence-electron chi connectivity index (χ4n) is 0.732. The van der Waals surface area contributed by atoms with Crippen molar-refractivity contribution in [3.8, 4) is 0 Å². The molecular formula is C7H9NO2. The molecule has 0 saturated carbocycles. The zero-order chi connectivity index (χ0) is 7.40. The zero-order valence-corrected chi connectivity index (χ0v) is 5.78. The molecular weight excluding hydrogens is 130 g/mol. The van der Waals surface area contributed by atoms with Gasteiger partial charge >= 0.3 is 5.97 Å². The number of rotatable bonds is 1. The van der Waals surface area contributed by atoms with Gasteiger partial charge in [-0.05, 0) is 6.08 Å².